The normalized spacial score (nSPS) is 10.3. The lowest BCUT2D eigenvalue weighted by Crippen LogP contribution is -2.01. The number of esters is 2. The first-order valence-electron chi connectivity index (χ1n) is 10.1. The predicted molar refractivity (Wildman–Crippen MR) is 127 cm³/mol. The fourth-order valence-corrected chi connectivity index (χ4v) is 3.47. The van der Waals surface area contributed by atoms with Gasteiger partial charge in [-0.15, -0.1) is 0 Å². The second-order valence-electron chi connectivity index (χ2n) is 7.24. The lowest BCUT2D eigenvalue weighted by atomic mass is 10.0. The van der Waals surface area contributed by atoms with Crippen molar-refractivity contribution in [3.05, 3.63) is 92.0 Å². The van der Waals surface area contributed by atoms with E-state index < -0.39 is 39.0 Å². The van der Waals surface area contributed by atoms with Crippen LogP contribution in [-0.2, 0) is 9.47 Å². The van der Waals surface area contributed by atoms with Crippen molar-refractivity contribution in [2.24, 2.45) is 0 Å². The van der Waals surface area contributed by atoms with Gasteiger partial charge >= 0.3 is 23.3 Å². The Morgan fingerprint density at radius 3 is 1.64 bits per heavy atom. The van der Waals surface area contributed by atoms with Crippen LogP contribution >= 0.6 is 0 Å². The molecule has 0 fully saturated rings. The third-order valence-electron chi connectivity index (χ3n) is 5.15. The van der Waals surface area contributed by atoms with Gasteiger partial charge in [-0.2, -0.15) is 0 Å². The summed E-state index contributed by atoms with van der Waals surface area (Å²) in [7, 11) is 2.48. The number of aromatic hydroxyl groups is 2. The van der Waals surface area contributed by atoms with Crippen LogP contribution in [0.4, 0.5) is 11.4 Å². The van der Waals surface area contributed by atoms with Crippen LogP contribution in [0.15, 0.2) is 60.7 Å². The van der Waals surface area contributed by atoms with Gasteiger partial charge in [-0.05, 0) is 53.2 Å². The largest absolute Gasteiger partial charge is 0.502 e. The first-order valence-corrected chi connectivity index (χ1v) is 10.1. The van der Waals surface area contributed by atoms with E-state index in [0.29, 0.717) is 16.3 Å². The van der Waals surface area contributed by atoms with Gasteiger partial charge in [0, 0.05) is 0 Å². The van der Waals surface area contributed by atoms with Gasteiger partial charge in [0.1, 0.15) is 0 Å². The van der Waals surface area contributed by atoms with E-state index in [1.165, 1.54) is 62.8 Å². The maximum Gasteiger partial charge on any atom is 0.337 e. The Morgan fingerprint density at radius 2 is 1.11 bits per heavy atom. The molecule has 12 nitrogen and oxygen atoms in total. The highest BCUT2D eigenvalue weighted by molar-refractivity contribution is 6.00. The molecule has 184 valence electrons. The number of methoxy groups -OCH3 is 2. The number of nitro benzene ring substituents is 2. The topological polar surface area (TPSA) is 179 Å². The summed E-state index contributed by atoms with van der Waals surface area (Å²) in [6.45, 7) is 0. The van der Waals surface area contributed by atoms with Crippen LogP contribution in [0.25, 0.3) is 21.5 Å². The minimum atomic E-state index is -0.682. The number of nitrogens with zero attached hydrogens (tertiary/aromatic N) is 2. The number of phenolic OH excluding ortho intramolecular Hbond substituents is 2. The average molecular weight is 494 g/mol. The number of phenols is 2. The summed E-state index contributed by atoms with van der Waals surface area (Å²) in [4.78, 5) is 43.1. The Kier molecular flexibility index (Phi) is 7.29. The molecule has 0 bridgehead atoms. The molecule has 4 aromatic rings. The minimum absolute atomic E-state index is 0.193. The number of carbonyl (C=O) groups is 2. The Morgan fingerprint density at radius 1 is 0.667 bits per heavy atom. The summed E-state index contributed by atoms with van der Waals surface area (Å²) in [5.41, 5.74) is -0.300. The van der Waals surface area contributed by atoms with Crippen LogP contribution in [0.3, 0.4) is 0 Å². The highest BCUT2D eigenvalue weighted by Crippen LogP contribution is 2.35. The van der Waals surface area contributed by atoms with Gasteiger partial charge in [0.25, 0.3) is 0 Å². The van der Waals surface area contributed by atoms with Crippen molar-refractivity contribution >= 4 is 44.9 Å². The first-order chi connectivity index (χ1) is 17.1. The second-order valence-corrected chi connectivity index (χ2v) is 7.24. The summed E-state index contributed by atoms with van der Waals surface area (Å²) >= 11 is 0. The van der Waals surface area contributed by atoms with E-state index in [1.807, 2.05) is 0 Å². The maximum absolute atomic E-state index is 11.4. The number of fused-ring (bicyclic) bond motifs is 2. The van der Waals surface area contributed by atoms with E-state index in [-0.39, 0.29) is 22.0 Å². The molecule has 4 aromatic carbocycles. The van der Waals surface area contributed by atoms with Gasteiger partial charge < -0.3 is 19.7 Å². The van der Waals surface area contributed by atoms with Gasteiger partial charge in [0.15, 0.2) is 11.5 Å². The number of carbonyl (C=O) groups excluding carboxylic acids is 2. The standard InChI is InChI=1S/2C12H9NO5/c1-18-12(15)8-2-4-9-7(6-8)3-5-10(14)11(9)13(16)17;1-18-12(15)8-3-2-7-4-5-10(14)11(13(16)17)9(7)6-8/h2*2-6,14H,1H3. The molecule has 0 saturated carbocycles. The number of hydrogen-bond acceptors (Lipinski definition) is 10. The summed E-state index contributed by atoms with van der Waals surface area (Å²) in [6.07, 6.45) is 0. The lowest BCUT2D eigenvalue weighted by molar-refractivity contribution is -0.384. The molecular formula is C24H18N2O10. The zero-order valence-corrected chi connectivity index (χ0v) is 18.8. The highest BCUT2D eigenvalue weighted by atomic mass is 16.6. The zero-order chi connectivity index (χ0) is 26.6. The van der Waals surface area contributed by atoms with Crippen molar-refractivity contribution < 1.29 is 39.1 Å². The van der Waals surface area contributed by atoms with Gasteiger partial charge in [-0.25, -0.2) is 9.59 Å². The number of rotatable bonds is 4. The number of ether oxygens (including phenoxy) is 2. The van der Waals surface area contributed by atoms with E-state index in [1.54, 1.807) is 12.1 Å². The Hall–Kier alpha value is -5.26. The van der Waals surface area contributed by atoms with Crippen LogP contribution in [0, 0.1) is 20.2 Å². The molecule has 0 unspecified atom stereocenters. The molecule has 0 spiro atoms. The summed E-state index contributed by atoms with van der Waals surface area (Å²) < 4.78 is 9.11. The van der Waals surface area contributed by atoms with Gasteiger partial charge in [0.05, 0.1) is 46.0 Å². The third-order valence-corrected chi connectivity index (χ3v) is 5.15. The maximum atomic E-state index is 11.4. The molecule has 0 aliphatic heterocycles. The molecule has 4 rings (SSSR count). The lowest BCUT2D eigenvalue weighted by Gasteiger charge is -2.04. The molecule has 12 heteroatoms. The number of nitro groups is 2. The van der Waals surface area contributed by atoms with E-state index >= 15 is 0 Å². The quantitative estimate of drug-likeness (QED) is 0.233. The Bertz CT molecular complexity index is 1530. The zero-order valence-electron chi connectivity index (χ0n) is 18.8. The molecule has 0 atom stereocenters. The molecule has 0 amide bonds. The Labute approximate surface area is 202 Å². The molecular weight excluding hydrogens is 476 g/mol. The average Bonchev–Trinajstić information content (AvgIpc) is 2.86. The summed E-state index contributed by atoms with van der Waals surface area (Å²) in [6, 6.07) is 14.2. The third kappa shape index (κ3) is 4.97. The van der Waals surface area contributed by atoms with E-state index in [9.17, 15) is 40.0 Å². The summed E-state index contributed by atoms with van der Waals surface area (Å²) in [5.74, 6) is -1.95. The number of hydrogen-bond donors (Lipinski definition) is 2. The van der Waals surface area contributed by atoms with Gasteiger partial charge in [-0.3, -0.25) is 20.2 Å². The van der Waals surface area contributed by atoms with Crippen LogP contribution in [0.5, 0.6) is 11.5 Å². The molecule has 0 saturated heterocycles. The number of benzene rings is 4. The van der Waals surface area contributed by atoms with Crippen molar-refractivity contribution in [2.75, 3.05) is 14.2 Å². The van der Waals surface area contributed by atoms with Crippen LogP contribution in [0.1, 0.15) is 20.7 Å². The van der Waals surface area contributed by atoms with Gasteiger partial charge in [0.2, 0.25) is 0 Å². The second kappa shape index (κ2) is 10.3. The highest BCUT2D eigenvalue weighted by Gasteiger charge is 2.20. The predicted octanol–water partition coefficient (Wildman–Crippen LogP) is 4.48. The minimum Gasteiger partial charge on any atom is -0.502 e. The monoisotopic (exact) mass is 494 g/mol. The smallest absolute Gasteiger partial charge is 0.337 e. The van der Waals surface area contributed by atoms with Crippen molar-refractivity contribution in [2.45, 2.75) is 0 Å². The fourth-order valence-electron chi connectivity index (χ4n) is 3.47. The van der Waals surface area contributed by atoms with Crippen LogP contribution in [0.2, 0.25) is 0 Å². The SMILES string of the molecule is COC(=O)c1ccc2c([N+](=O)[O-])c(O)ccc2c1.COC(=O)c1ccc2ccc(O)c([N+](=O)[O-])c2c1. The molecule has 0 aliphatic carbocycles. The van der Waals surface area contributed by atoms with E-state index in [0.717, 1.165) is 0 Å². The van der Waals surface area contributed by atoms with Crippen LogP contribution < -0.4 is 0 Å². The molecule has 0 heterocycles. The van der Waals surface area contributed by atoms with Crippen LogP contribution in [-0.4, -0.2) is 46.2 Å². The van der Waals surface area contributed by atoms with E-state index in [4.69, 9.17) is 0 Å². The molecule has 0 aromatic heterocycles. The molecule has 0 radical (unpaired) electrons. The molecule has 36 heavy (non-hydrogen) atoms. The molecule has 2 N–H and O–H groups in total. The van der Waals surface area contributed by atoms with Crippen molar-refractivity contribution in [3.8, 4) is 11.5 Å². The Balaban J connectivity index is 0.000000201. The first kappa shape index (κ1) is 25.4. The fraction of sp³-hybridized carbons (Fsp3) is 0.0833. The van der Waals surface area contributed by atoms with Crippen molar-refractivity contribution in [3.63, 3.8) is 0 Å². The van der Waals surface area contributed by atoms with Gasteiger partial charge in [-0.1, -0.05) is 18.2 Å². The van der Waals surface area contributed by atoms with Crippen molar-refractivity contribution in [1.82, 2.24) is 0 Å². The molecule has 0 aliphatic rings. The summed E-state index contributed by atoms with van der Waals surface area (Å²) in [5, 5.41) is 42.3. The van der Waals surface area contributed by atoms with E-state index in [2.05, 4.69) is 9.47 Å². The van der Waals surface area contributed by atoms with Crippen molar-refractivity contribution in [1.29, 1.82) is 0 Å².